The maximum Gasteiger partial charge on any atom is 0.422 e. The number of methoxy groups -OCH3 is 1. The summed E-state index contributed by atoms with van der Waals surface area (Å²) in [5.41, 5.74) is 2.03. The summed E-state index contributed by atoms with van der Waals surface area (Å²) in [5.74, 6) is 2.52. The van der Waals surface area contributed by atoms with Crippen LogP contribution in [0.2, 0.25) is 0 Å². The second kappa shape index (κ2) is 7.41. The number of amides is 1. The lowest BCUT2D eigenvalue weighted by Crippen LogP contribution is -2.22. The second-order valence-electron chi connectivity index (χ2n) is 5.30. The van der Waals surface area contributed by atoms with E-state index in [4.69, 9.17) is 4.74 Å². The molecular formula is C19H14BrNO4. The van der Waals surface area contributed by atoms with Crippen molar-refractivity contribution in [3.05, 3.63) is 69.7 Å². The molecule has 25 heavy (non-hydrogen) atoms. The van der Waals surface area contributed by atoms with Crippen LogP contribution in [0.3, 0.4) is 0 Å². The molecule has 0 aliphatic carbocycles. The van der Waals surface area contributed by atoms with Crippen LogP contribution in [0.4, 0.5) is 4.79 Å². The van der Waals surface area contributed by atoms with E-state index in [-0.39, 0.29) is 12.6 Å². The summed E-state index contributed by atoms with van der Waals surface area (Å²) in [6.07, 6.45) is -0.469. The molecule has 1 aliphatic rings. The smallest absolute Gasteiger partial charge is 0.422 e. The first-order valence-electron chi connectivity index (χ1n) is 7.50. The molecule has 2 aromatic rings. The van der Waals surface area contributed by atoms with E-state index in [1.165, 1.54) is 12.0 Å². The third kappa shape index (κ3) is 3.67. The first kappa shape index (κ1) is 17.1. The van der Waals surface area contributed by atoms with Gasteiger partial charge in [-0.3, -0.25) is 0 Å². The van der Waals surface area contributed by atoms with Crippen LogP contribution in [-0.4, -0.2) is 30.7 Å². The predicted molar refractivity (Wildman–Crippen MR) is 94.7 cm³/mol. The van der Waals surface area contributed by atoms with Gasteiger partial charge < -0.3 is 9.47 Å². The summed E-state index contributed by atoms with van der Waals surface area (Å²) in [6.45, 7) is 0.264. The van der Waals surface area contributed by atoms with E-state index in [1.54, 1.807) is 18.2 Å². The van der Waals surface area contributed by atoms with E-state index in [9.17, 15) is 9.59 Å². The summed E-state index contributed by atoms with van der Waals surface area (Å²) in [6, 6.07) is 17.2. The fraction of sp³-hybridized carbons (Fsp3) is 0.158. The molecule has 1 fully saturated rings. The molecule has 0 saturated carbocycles. The molecular weight excluding hydrogens is 386 g/mol. The number of esters is 1. The minimum Gasteiger partial charge on any atom is -0.465 e. The van der Waals surface area contributed by atoms with Crippen molar-refractivity contribution in [3.63, 3.8) is 0 Å². The monoisotopic (exact) mass is 399 g/mol. The molecule has 3 rings (SSSR count). The SMILES string of the molecule is COC(=O)c1ccc(C#CN2C(=O)OC[C@@H]2c2ccccc2)c(Br)c1. The van der Waals surface area contributed by atoms with Crippen LogP contribution >= 0.6 is 15.9 Å². The zero-order chi connectivity index (χ0) is 17.8. The van der Waals surface area contributed by atoms with Crippen LogP contribution in [0.15, 0.2) is 53.0 Å². The number of carbonyl (C=O) groups is 2. The second-order valence-corrected chi connectivity index (χ2v) is 6.15. The number of nitrogens with zero attached hydrogens (tertiary/aromatic N) is 1. The van der Waals surface area contributed by atoms with Gasteiger partial charge >= 0.3 is 12.1 Å². The van der Waals surface area contributed by atoms with Crippen LogP contribution in [0.1, 0.15) is 27.5 Å². The van der Waals surface area contributed by atoms with E-state index < -0.39 is 12.1 Å². The van der Waals surface area contributed by atoms with E-state index in [0.717, 1.165) is 5.56 Å². The third-order valence-corrected chi connectivity index (χ3v) is 4.41. The van der Waals surface area contributed by atoms with Gasteiger partial charge in [-0.2, -0.15) is 0 Å². The average molecular weight is 400 g/mol. The first-order chi connectivity index (χ1) is 12.1. The minimum atomic E-state index is -0.469. The van der Waals surface area contributed by atoms with Crippen LogP contribution in [0.5, 0.6) is 0 Å². The largest absolute Gasteiger partial charge is 0.465 e. The highest BCUT2D eigenvalue weighted by Crippen LogP contribution is 2.27. The number of carbonyl (C=O) groups excluding carboxylic acids is 2. The van der Waals surface area contributed by atoms with E-state index >= 15 is 0 Å². The molecule has 126 valence electrons. The van der Waals surface area contributed by atoms with Gasteiger partial charge in [0.05, 0.1) is 12.7 Å². The van der Waals surface area contributed by atoms with E-state index in [2.05, 4.69) is 32.6 Å². The molecule has 1 amide bonds. The van der Waals surface area contributed by atoms with Gasteiger partial charge in [-0.05, 0) is 45.6 Å². The molecule has 1 atom stereocenters. The van der Waals surface area contributed by atoms with Crippen molar-refractivity contribution in [2.45, 2.75) is 6.04 Å². The van der Waals surface area contributed by atoms with Crippen molar-refractivity contribution < 1.29 is 19.1 Å². The zero-order valence-electron chi connectivity index (χ0n) is 13.4. The van der Waals surface area contributed by atoms with Crippen molar-refractivity contribution in [3.8, 4) is 12.0 Å². The van der Waals surface area contributed by atoms with E-state index in [1.807, 2.05) is 30.3 Å². The normalized spacial score (nSPS) is 16.0. The molecule has 0 aromatic heterocycles. The Morgan fingerprint density at radius 1 is 1.28 bits per heavy atom. The highest BCUT2D eigenvalue weighted by Gasteiger charge is 2.33. The summed E-state index contributed by atoms with van der Waals surface area (Å²) in [4.78, 5) is 24.9. The Labute approximate surface area is 153 Å². The van der Waals surface area contributed by atoms with Gasteiger partial charge in [0.1, 0.15) is 12.6 Å². The van der Waals surface area contributed by atoms with Crippen LogP contribution in [0.25, 0.3) is 0 Å². The molecule has 2 aromatic carbocycles. The fourth-order valence-corrected chi connectivity index (χ4v) is 2.93. The predicted octanol–water partition coefficient (Wildman–Crippen LogP) is 3.74. The number of hydrogen-bond acceptors (Lipinski definition) is 4. The summed E-state index contributed by atoms with van der Waals surface area (Å²) >= 11 is 3.38. The third-order valence-electron chi connectivity index (χ3n) is 3.76. The lowest BCUT2D eigenvalue weighted by atomic mass is 10.1. The number of rotatable bonds is 2. The molecule has 0 bridgehead atoms. The summed E-state index contributed by atoms with van der Waals surface area (Å²) in [5, 5.41) is 0. The molecule has 1 aliphatic heterocycles. The summed E-state index contributed by atoms with van der Waals surface area (Å²) < 4.78 is 10.5. The molecule has 0 radical (unpaired) electrons. The van der Waals surface area contributed by atoms with Crippen molar-refractivity contribution in [2.75, 3.05) is 13.7 Å². The Balaban J connectivity index is 1.86. The number of halogens is 1. The number of ether oxygens (including phenoxy) is 2. The molecule has 0 spiro atoms. The molecule has 5 nitrogen and oxygen atoms in total. The Morgan fingerprint density at radius 2 is 2.04 bits per heavy atom. The van der Waals surface area contributed by atoms with Gasteiger partial charge in [-0.15, -0.1) is 0 Å². The van der Waals surface area contributed by atoms with Crippen LogP contribution in [-0.2, 0) is 9.47 Å². The highest BCUT2D eigenvalue weighted by molar-refractivity contribution is 9.10. The molecule has 6 heteroatoms. The van der Waals surface area contributed by atoms with Crippen molar-refractivity contribution >= 4 is 28.0 Å². The standard InChI is InChI=1S/C19H14BrNO4/c1-24-18(22)15-8-7-13(16(20)11-15)9-10-21-17(12-25-19(21)23)14-5-3-2-4-6-14/h2-8,11,17H,12H2,1H3/t17-/m1/s1. The van der Waals surface area contributed by atoms with Crippen molar-refractivity contribution in [1.29, 1.82) is 0 Å². The fourth-order valence-electron chi connectivity index (χ4n) is 2.45. The van der Waals surface area contributed by atoms with E-state index in [0.29, 0.717) is 15.6 Å². The number of hydrogen-bond donors (Lipinski definition) is 0. The first-order valence-corrected chi connectivity index (χ1v) is 8.30. The summed E-state index contributed by atoms with van der Waals surface area (Å²) in [7, 11) is 1.33. The van der Waals surface area contributed by atoms with Crippen LogP contribution in [0, 0.1) is 12.0 Å². The molecule has 0 unspecified atom stereocenters. The highest BCUT2D eigenvalue weighted by atomic mass is 79.9. The molecule has 1 saturated heterocycles. The van der Waals surface area contributed by atoms with Gasteiger partial charge in [0.2, 0.25) is 0 Å². The maximum atomic E-state index is 12.0. The maximum absolute atomic E-state index is 12.0. The Bertz CT molecular complexity index is 870. The van der Waals surface area contributed by atoms with Crippen LogP contribution < -0.4 is 0 Å². The lowest BCUT2D eigenvalue weighted by molar-refractivity contribution is 0.0600. The van der Waals surface area contributed by atoms with Gasteiger partial charge in [0.25, 0.3) is 0 Å². The number of benzene rings is 2. The number of cyclic esters (lactones) is 1. The van der Waals surface area contributed by atoms with Crippen molar-refractivity contribution in [1.82, 2.24) is 4.90 Å². The minimum absolute atomic E-state index is 0.241. The molecule has 0 N–H and O–H groups in total. The zero-order valence-corrected chi connectivity index (χ0v) is 14.9. The quantitative estimate of drug-likeness (QED) is 0.570. The Morgan fingerprint density at radius 3 is 2.72 bits per heavy atom. The van der Waals surface area contributed by atoms with Crippen molar-refractivity contribution in [2.24, 2.45) is 0 Å². The Kier molecular flexibility index (Phi) is 5.05. The van der Waals surface area contributed by atoms with Gasteiger partial charge in [0, 0.05) is 16.1 Å². The van der Waals surface area contributed by atoms with Gasteiger partial charge in [-0.1, -0.05) is 30.3 Å². The Hall–Kier alpha value is -2.78. The average Bonchev–Trinajstić information content (AvgIpc) is 3.01. The van der Waals surface area contributed by atoms with Gasteiger partial charge in [0.15, 0.2) is 0 Å². The lowest BCUT2D eigenvalue weighted by Gasteiger charge is -2.14. The topological polar surface area (TPSA) is 55.8 Å². The van der Waals surface area contributed by atoms with Gasteiger partial charge in [-0.25, -0.2) is 14.5 Å². The molecule has 1 heterocycles.